The summed E-state index contributed by atoms with van der Waals surface area (Å²) in [6.45, 7) is 2.62. The topological polar surface area (TPSA) is 79.2 Å². The molecule has 1 saturated heterocycles. The first-order valence-electron chi connectivity index (χ1n) is 12.4. The number of hydrogen-bond donors (Lipinski definition) is 3. The maximum atomic E-state index is 9.90. The largest absolute Gasteiger partial charge is 0.394 e. The van der Waals surface area contributed by atoms with E-state index in [2.05, 4.69) is 6.92 Å². The van der Waals surface area contributed by atoms with Gasteiger partial charge in [-0.2, -0.15) is 0 Å². The molecule has 174 valence electrons. The highest BCUT2D eigenvalue weighted by Crippen LogP contribution is 2.21. The molecule has 0 unspecified atom stereocenters. The van der Waals surface area contributed by atoms with Crippen molar-refractivity contribution in [2.45, 2.75) is 134 Å². The Morgan fingerprint density at radius 3 is 1.69 bits per heavy atom. The van der Waals surface area contributed by atoms with Crippen LogP contribution < -0.4 is 0 Å². The lowest BCUT2D eigenvalue weighted by atomic mass is 10.0. The van der Waals surface area contributed by atoms with Crippen molar-refractivity contribution < 1.29 is 24.8 Å². The van der Waals surface area contributed by atoms with Crippen molar-refractivity contribution in [2.24, 2.45) is 0 Å². The SMILES string of the molecule is CCCCCCCCCCCCCCCCCCO[C@@H]1[C@H]([C@@H](O)CO)OC[C@H]1O. The van der Waals surface area contributed by atoms with E-state index >= 15 is 0 Å². The van der Waals surface area contributed by atoms with Crippen molar-refractivity contribution in [3.63, 3.8) is 0 Å². The number of rotatable bonds is 20. The lowest BCUT2D eigenvalue weighted by Crippen LogP contribution is -2.42. The maximum absolute atomic E-state index is 9.90. The second kappa shape index (κ2) is 18.6. The molecular formula is C24H48O5. The molecule has 0 aromatic carbocycles. The molecule has 1 aliphatic heterocycles. The van der Waals surface area contributed by atoms with Crippen LogP contribution in [0.15, 0.2) is 0 Å². The minimum atomic E-state index is -0.997. The van der Waals surface area contributed by atoms with Gasteiger partial charge in [0.2, 0.25) is 0 Å². The van der Waals surface area contributed by atoms with Crippen LogP contribution in [0.5, 0.6) is 0 Å². The molecule has 0 radical (unpaired) electrons. The molecule has 1 aliphatic rings. The van der Waals surface area contributed by atoms with Crippen molar-refractivity contribution in [1.29, 1.82) is 0 Å². The standard InChI is InChI=1S/C24H48O5/c1-2-3-4-5-6-7-8-9-10-11-12-13-14-15-16-17-18-28-24-22(27)20-29-23(24)21(26)19-25/h21-27H,2-20H2,1H3/t21-,22+,23-,24-/m0/s1. The van der Waals surface area contributed by atoms with Crippen molar-refractivity contribution in [3.8, 4) is 0 Å². The quantitative estimate of drug-likeness (QED) is 0.250. The second-order valence-electron chi connectivity index (χ2n) is 8.75. The Bertz CT molecular complexity index is 352. The number of unbranched alkanes of at least 4 members (excludes halogenated alkanes) is 15. The van der Waals surface area contributed by atoms with E-state index in [1.807, 2.05) is 0 Å². The van der Waals surface area contributed by atoms with E-state index in [-0.39, 0.29) is 13.2 Å². The fourth-order valence-electron chi connectivity index (χ4n) is 4.13. The van der Waals surface area contributed by atoms with E-state index < -0.39 is 24.4 Å². The molecule has 0 amide bonds. The number of ether oxygens (including phenoxy) is 2. The molecule has 1 rings (SSSR count). The second-order valence-corrected chi connectivity index (χ2v) is 8.75. The molecule has 3 N–H and O–H groups in total. The highest BCUT2D eigenvalue weighted by Gasteiger charge is 2.40. The van der Waals surface area contributed by atoms with Crippen LogP contribution >= 0.6 is 0 Å². The van der Waals surface area contributed by atoms with Crippen LogP contribution in [0, 0.1) is 0 Å². The van der Waals surface area contributed by atoms with Gasteiger partial charge in [0.15, 0.2) is 0 Å². The van der Waals surface area contributed by atoms with Crippen molar-refractivity contribution >= 4 is 0 Å². The normalized spacial score (nSPS) is 23.0. The first-order chi connectivity index (χ1) is 14.2. The molecule has 5 heteroatoms. The lowest BCUT2D eigenvalue weighted by Gasteiger charge is -2.23. The third kappa shape index (κ3) is 13.0. The Morgan fingerprint density at radius 1 is 0.793 bits per heavy atom. The van der Waals surface area contributed by atoms with E-state index in [1.165, 1.54) is 89.9 Å². The van der Waals surface area contributed by atoms with E-state index in [0.717, 1.165) is 12.8 Å². The Labute approximate surface area is 179 Å². The Balaban J connectivity index is 1.82. The predicted molar refractivity (Wildman–Crippen MR) is 118 cm³/mol. The van der Waals surface area contributed by atoms with Crippen LogP contribution in [-0.4, -0.2) is 59.6 Å². The maximum Gasteiger partial charge on any atom is 0.114 e. The zero-order valence-corrected chi connectivity index (χ0v) is 18.9. The van der Waals surface area contributed by atoms with E-state index in [4.69, 9.17) is 14.6 Å². The summed E-state index contributed by atoms with van der Waals surface area (Å²) in [6, 6.07) is 0. The van der Waals surface area contributed by atoms with Crippen LogP contribution in [0.4, 0.5) is 0 Å². The molecule has 4 atom stereocenters. The van der Waals surface area contributed by atoms with Gasteiger partial charge in [-0.15, -0.1) is 0 Å². The molecule has 1 heterocycles. The fraction of sp³-hybridized carbons (Fsp3) is 1.00. The van der Waals surface area contributed by atoms with Gasteiger partial charge in [-0.3, -0.25) is 0 Å². The van der Waals surface area contributed by atoms with Gasteiger partial charge in [0, 0.05) is 6.61 Å². The molecule has 0 spiro atoms. The van der Waals surface area contributed by atoms with Gasteiger partial charge in [0.1, 0.15) is 24.4 Å². The van der Waals surface area contributed by atoms with Crippen LogP contribution in [0.2, 0.25) is 0 Å². The molecule has 0 bridgehead atoms. The van der Waals surface area contributed by atoms with Crippen LogP contribution in [0.1, 0.15) is 110 Å². The summed E-state index contributed by atoms with van der Waals surface area (Å²) >= 11 is 0. The number of aliphatic hydroxyl groups is 3. The smallest absolute Gasteiger partial charge is 0.114 e. The summed E-state index contributed by atoms with van der Waals surface area (Å²) < 4.78 is 11.1. The molecule has 0 aliphatic carbocycles. The molecule has 0 aromatic rings. The Kier molecular flexibility index (Phi) is 17.2. The fourth-order valence-corrected chi connectivity index (χ4v) is 4.13. The first-order valence-corrected chi connectivity index (χ1v) is 12.4. The third-order valence-corrected chi connectivity index (χ3v) is 6.04. The van der Waals surface area contributed by atoms with Crippen LogP contribution in [0.25, 0.3) is 0 Å². The minimum absolute atomic E-state index is 0.158. The monoisotopic (exact) mass is 416 g/mol. The van der Waals surface area contributed by atoms with Crippen LogP contribution in [0.3, 0.4) is 0 Å². The highest BCUT2D eigenvalue weighted by molar-refractivity contribution is 4.89. The van der Waals surface area contributed by atoms with E-state index in [9.17, 15) is 10.2 Å². The summed E-state index contributed by atoms with van der Waals surface area (Å²) in [6.07, 6.45) is 18.5. The Morgan fingerprint density at radius 2 is 1.24 bits per heavy atom. The number of hydrogen-bond acceptors (Lipinski definition) is 5. The van der Waals surface area contributed by atoms with Gasteiger partial charge in [-0.1, -0.05) is 103 Å². The summed E-state index contributed by atoms with van der Waals surface area (Å²) in [5.41, 5.74) is 0. The Hall–Kier alpha value is -0.200. The summed E-state index contributed by atoms with van der Waals surface area (Å²) in [5.74, 6) is 0. The van der Waals surface area contributed by atoms with Crippen LogP contribution in [-0.2, 0) is 9.47 Å². The molecule has 0 aromatic heterocycles. The van der Waals surface area contributed by atoms with Gasteiger partial charge in [0.05, 0.1) is 13.2 Å². The van der Waals surface area contributed by atoms with Crippen molar-refractivity contribution in [3.05, 3.63) is 0 Å². The van der Waals surface area contributed by atoms with Gasteiger partial charge in [-0.05, 0) is 6.42 Å². The average molecular weight is 417 g/mol. The van der Waals surface area contributed by atoms with E-state index in [0.29, 0.717) is 6.61 Å². The average Bonchev–Trinajstić information content (AvgIpc) is 3.10. The lowest BCUT2D eigenvalue weighted by molar-refractivity contribution is -0.0938. The summed E-state index contributed by atoms with van der Waals surface area (Å²) in [4.78, 5) is 0. The van der Waals surface area contributed by atoms with E-state index in [1.54, 1.807) is 0 Å². The van der Waals surface area contributed by atoms with Crippen molar-refractivity contribution in [1.82, 2.24) is 0 Å². The number of aliphatic hydroxyl groups excluding tert-OH is 3. The molecule has 0 saturated carbocycles. The molecule has 5 nitrogen and oxygen atoms in total. The predicted octanol–water partition coefficient (Wildman–Crippen LogP) is 4.75. The van der Waals surface area contributed by atoms with Crippen molar-refractivity contribution in [2.75, 3.05) is 19.8 Å². The first kappa shape index (κ1) is 26.8. The minimum Gasteiger partial charge on any atom is -0.394 e. The zero-order valence-electron chi connectivity index (χ0n) is 18.9. The summed E-state index contributed by atoms with van der Waals surface area (Å²) in [5, 5.41) is 28.7. The third-order valence-electron chi connectivity index (χ3n) is 6.04. The molecular weight excluding hydrogens is 368 g/mol. The molecule has 1 fully saturated rings. The summed E-state index contributed by atoms with van der Waals surface area (Å²) in [7, 11) is 0. The van der Waals surface area contributed by atoms with Gasteiger partial charge < -0.3 is 24.8 Å². The van der Waals surface area contributed by atoms with Gasteiger partial charge in [0.25, 0.3) is 0 Å². The van der Waals surface area contributed by atoms with Gasteiger partial charge in [-0.25, -0.2) is 0 Å². The zero-order chi connectivity index (χ0) is 21.2. The highest BCUT2D eigenvalue weighted by atomic mass is 16.6. The molecule has 29 heavy (non-hydrogen) atoms. The van der Waals surface area contributed by atoms with Gasteiger partial charge >= 0.3 is 0 Å².